The fourth-order valence-electron chi connectivity index (χ4n) is 4.15. The van der Waals surface area contributed by atoms with Crippen LogP contribution in [0.15, 0.2) is 42.0 Å². The van der Waals surface area contributed by atoms with Crippen molar-refractivity contribution in [1.29, 1.82) is 0 Å². The van der Waals surface area contributed by atoms with Gasteiger partial charge in [0.1, 0.15) is 0 Å². The summed E-state index contributed by atoms with van der Waals surface area (Å²) >= 11 is 0. The molecule has 1 aromatic rings. The first kappa shape index (κ1) is 23.9. The van der Waals surface area contributed by atoms with Gasteiger partial charge in [0.2, 0.25) is 0 Å². The Bertz CT molecular complexity index is 737. The summed E-state index contributed by atoms with van der Waals surface area (Å²) in [5, 5.41) is 9.44. The number of carbonyl (C=O) groups is 2. The maximum atomic E-state index is 11.5. The Hall–Kier alpha value is -2.36. The van der Waals surface area contributed by atoms with Crippen LogP contribution in [0.4, 0.5) is 0 Å². The van der Waals surface area contributed by atoms with Gasteiger partial charge < -0.3 is 9.84 Å². The molecule has 1 aliphatic carbocycles. The lowest BCUT2D eigenvalue weighted by Gasteiger charge is -2.29. The van der Waals surface area contributed by atoms with Crippen LogP contribution in [-0.2, 0) is 14.3 Å². The van der Waals surface area contributed by atoms with Crippen LogP contribution < -0.4 is 0 Å². The molecule has 1 saturated carbocycles. The smallest absolute Gasteiger partial charge is 0.333 e. The lowest BCUT2D eigenvalue weighted by atomic mass is 9.77. The SMILES string of the molecule is C=C(C)C(=O)OCCC(=Cc1ccc([C@H]2CC[C@H](CCCCC)CC2)cc1)C(=O)O. The van der Waals surface area contributed by atoms with E-state index in [1.54, 1.807) is 13.0 Å². The van der Waals surface area contributed by atoms with Gasteiger partial charge in [0, 0.05) is 17.6 Å². The van der Waals surface area contributed by atoms with Gasteiger partial charge in [-0.15, -0.1) is 0 Å². The van der Waals surface area contributed by atoms with Gasteiger partial charge in [0.25, 0.3) is 0 Å². The summed E-state index contributed by atoms with van der Waals surface area (Å²) in [7, 11) is 0. The molecular weight excluding hydrogens is 376 g/mol. The van der Waals surface area contributed by atoms with Gasteiger partial charge in [-0.05, 0) is 61.6 Å². The van der Waals surface area contributed by atoms with E-state index in [1.807, 2.05) is 12.1 Å². The maximum absolute atomic E-state index is 11.5. The van der Waals surface area contributed by atoms with Crippen LogP contribution >= 0.6 is 0 Å². The van der Waals surface area contributed by atoms with Crippen molar-refractivity contribution in [2.45, 2.75) is 77.6 Å². The summed E-state index contributed by atoms with van der Waals surface area (Å²) in [6, 6.07) is 8.25. The number of unbranched alkanes of at least 4 members (excludes halogenated alkanes) is 2. The molecule has 4 heteroatoms. The van der Waals surface area contributed by atoms with Crippen molar-refractivity contribution in [3.8, 4) is 0 Å². The van der Waals surface area contributed by atoms with E-state index in [2.05, 4.69) is 25.6 Å². The van der Waals surface area contributed by atoms with E-state index in [9.17, 15) is 14.7 Å². The minimum Gasteiger partial charge on any atom is -0.478 e. The number of esters is 1. The number of carboxylic acid groups (broad SMARTS) is 1. The molecule has 0 saturated heterocycles. The van der Waals surface area contributed by atoms with Crippen LogP contribution in [0, 0.1) is 5.92 Å². The molecule has 4 nitrogen and oxygen atoms in total. The van der Waals surface area contributed by atoms with Crippen molar-refractivity contribution in [2.24, 2.45) is 5.92 Å². The van der Waals surface area contributed by atoms with Crippen LogP contribution in [-0.4, -0.2) is 23.7 Å². The van der Waals surface area contributed by atoms with Gasteiger partial charge in [-0.1, -0.05) is 63.5 Å². The Morgan fingerprint density at radius 3 is 2.37 bits per heavy atom. The van der Waals surface area contributed by atoms with E-state index < -0.39 is 11.9 Å². The second kappa shape index (κ2) is 12.4. The molecule has 1 fully saturated rings. The third-order valence-corrected chi connectivity index (χ3v) is 6.04. The van der Waals surface area contributed by atoms with Gasteiger partial charge in [-0.2, -0.15) is 0 Å². The second-order valence-electron chi connectivity index (χ2n) is 8.52. The average Bonchev–Trinajstić information content (AvgIpc) is 2.74. The fourth-order valence-corrected chi connectivity index (χ4v) is 4.15. The van der Waals surface area contributed by atoms with Crippen molar-refractivity contribution in [2.75, 3.05) is 6.61 Å². The van der Waals surface area contributed by atoms with E-state index in [-0.39, 0.29) is 18.6 Å². The van der Waals surface area contributed by atoms with Crippen LogP contribution in [0.3, 0.4) is 0 Å². The van der Waals surface area contributed by atoms with Crippen molar-refractivity contribution in [1.82, 2.24) is 0 Å². The zero-order valence-corrected chi connectivity index (χ0v) is 18.5. The summed E-state index contributed by atoms with van der Waals surface area (Å²) in [6.07, 6.45) is 12.4. The number of carboxylic acids is 1. The molecule has 1 aromatic carbocycles. The first-order valence-electron chi connectivity index (χ1n) is 11.3. The lowest BCUT2D eigenvalue weighted by molar-refractivity contribution is -0.139. The molecule has 164 valence electrons. The van der Waals surface area contributed by atoms with E-state index in [1.165, 1.54) is 56.9 Å². The average molecular weight is 413 g/mol. The van der Waals surface area contributed by atoms with Gasteiger partial charge >= 0.3 is 11.9 Å². The molecule has 0 unspecified atom stereocenters. The van der Waals surface area contributed by atoms with Crippen molar-refractivity contribution in [3.63, 3.8) is 0 Å². The molecule has 2 rings (SSSR count). The number of carbonyl (C=O) groups excluding carboxylic acids is 1. The Balaban J connectivity index is 1.89. The number of rotatable bonds is 11. The van der Waals surface area contributed by atoms with Gasteiger partial charge in [-0.25, -0.2) is 9.59 Å². The molecule has 0 bridgehead atoms. The maximum Gasteiger partial charge on any atom is 0.333 e. The van der Waals surface area contributed by atoms with Crippen molar-refractivity contribution >= 4 is 18.0 Å². The molecule has 0 amide bonds. The molecule has 0 spiro atoms. The summed E-state index contributed by atoms with van der Waals surface area (Å²) in [5.41, 5.74) is 2.74. The zero-order valence-electron chi connectivity index (χ0n) is 18.5. The molecule has 0 atom stereocenters. The van der Waals surface area contributed by atoms with Crippen LogP contribution in [0.25, 0.3) is 6.08 Å². The minimum atomic E-state index is -0.994. The molecule has 1 N–H and O–H groups in total. The normalized spacial score (nSPS) is 19.3. The van der Waals surface area contributed by atoms with Gasteiger partial charge in [-0.3, -0.25) is 0 Å². The highest BCUT2D eigenvalue weighted by molar-refractivity contribution is 5.92. The molecule has 0 heterocycles. The number of hydrogen-bond acceptors (Lipinski definition) is 3. The Morgan fingerprint density at radius 2 is 1.80 bits per heavy atom. The van der Waals surface area contributed by atoms with Crippen LogP contribution in [0.1, 0.15) is 88.7 Å². The molecule has 1 aliphatic rings. The van der Waals surface area contributed by atoms with Crippen LogP contribution in [0.5, 0.6) is 0 Å². The Morgan fingerprint density at radius 1 is 1.13 bits per heavy atom. The summed E-state index contributed by atoms with van der Waals surface area (Å²) < 4.78 is 5.02. The van der Waals surface area contributed by atoms with Gasteiger partial charge in [0.05, 0.1) is 6.61 Å². The van der Waals surface area contributed by atoms with E-state index in [4.69, 9.17) is 4.74 Å². The standard InChI is InChI=1S/C26H36O4/c1-4-5-6-7-20-8-12-22(13-9-20)23-14-10-21(11-15-23)18-24(25(27)28)16-17-30-26(29)19(2)3/h10-11,14-15,18,20,22H,2,4-9,12-13,16-17H2,1,3H3,(H,27,28)/t20-,22-. The molecule has 0 radical (unpaired) electrons. The first-order chi connectivity index (χ1) is 14.4. The third-order valence-electron chi connectivity index (χ3n) is 6.04. The number of benzene rings is 1. The number of aliphatic carboxylic acids is 1. The van der Waals surface area contributed by atoms with E-state index in [0.717, 1.165) is 11.5 Å². The van der Waals surface area contributed by atoms with Crippen molar-refractivity contribution < 1.29 is 19.4 Å². The molecular formula is C26H36O4. The third kappa shape index (κ3) is 7.81. The van der Waals surface area contributed by atoms with Gasteiger partial charge in [0.15, 0.2) is 0 Å². The monoisotopic (exact) mass is 412 g/mol. The highest BCUT2D eigenvalue weighted by Gasteiger charge is 2.22. The lowest BCUT2D eigenvalue weighted by Crippen LogP contribution is -2.13. The minimum absolute atomic E-state index is 0.0312. The Kier molecular flexibility index (Phi) is 9.85. The second-order valence-corrected chi connectivity index (χ2v) is 8.52. The van der Waals surface area contributed by atoms with E-state index in [0.29, 0.717) is 11.5 Å². The molecule has 30 heavy (non-hydrogen) atoms. The predicted octanol–water partition coefficient (Wildman–Crippen LogP) is 6.52. The molecule has 0 aromatic heterocycles. The topological polar surface area (TPSA) is 63.6 Å². The van der Waals surface area contributed by atoms with Crippen LogP contribution in [0.2, 0.25) is 0 Å². The Labute approximate surface area is 181 Å². The highest BCUT2D eigenvalue weighted by atomic mass is 16.5. The number of ether oxygens (including phenoxy) is 1. The zero-order chi connectivity index (χ0) is 21.9. The van der Waals surface area contributed by atoms with E-state index >= 15 is 0 Å². The highest BCUT2D eigenvalue weighted by Crippen LogP contribution is 2.37. The van der Waals surface area contributed by atoms with Crippen molar-refractivity contribution in [3.05, 3.63) is 53.1 Å². The quantitative estimate of drug-likeness (QED) is 0.255. The molecule has 0 aliphatic heterocycles. The fraction of sp³-hybridized carbons (Fsp3) is 0.538. The number of hydrogen-bond donors (Lipinski definition) is 1. The first-order valence-corrected chi connectivity index (χ1v) is 11.3. The summed E-state index contributed by atoms with van der Waals surface area (Å²) in [4.78, 5) is 23.0. The predicted molar refractivity (Wildman–Crippen MR) is 121 cm³/mol. The summed E-state index contributed by atoms with van der Waals surface area (Å²) in [6.45, 7) is 7.37. The largest absolute Gasteiger partial charge is 0.478 e. The summed E-state index contributed by atoms with van der Waals surface area (Å²) in [5.74, 6) is 0.0223.